The molecule has 1 atom stereocenters. The molecule has 6 heteroatoms. The summed E-state index contributed by atoms with van der Waals surface area (Å²) >= 11 is 0. The van der Waals surface area contributed by atoms with Crippen molar-refractivity contribution in [3.8, 4) is 5.88 Å². The van der Waals surface area contributed by atoms with Crippen LogP contribution in [0, 0.1) is 0 Å². The molecule has 2 aromatic heterocycles. The van der Waals surface area contributed by atoms with Gasteiger partial charge in [-0.1, -0.05) is 12.5 Å². The molecule has 2 aliphatic rings. The van der Waals surface area contributed by atoms with E-state index in [9.17, 15) is 0 Å². The summed E-state index contributed by atoms with van der Waals surface area (Å²) in [7, 11) is 1.66. The van der Waals surface area contributed by atoms with Crippen LogP contribution in [0.25, 0.3) is 0 Å². The minimum atomic E-state index is 0.443. The molecular weight excluding hydrogens is 326 g/mol. The molecule has 4 rings (SSSR count). The average Bonchev–Trinajstić information content (AvgIpc) is 2.62. The van der Waals surface area contributed by atoms with Gasteiger partial charge in [-0.05, 0) is 25.8 Å². The van der Waals surface area contributed by atoms with Crippen LogP contribution in [0.15, 0.2) is 30.6 Å². The smallest absolute Gasteiger partial charge is 0.213 e. The highest BCUT2D eigenvalue weighted by Crippen LogP contribution is 2.36. The van der Waals surface area contributed by atoms with Crippen LogP contribution >= 0.6 is 0 Å². The number of nitrogens with zero attached hydrogens (tertiary/aromatic N) is 5. The molecule has 2 fully saturated rings. The molecule has 0 bridgehead atoms. The maximum Gasteiger partial charge on any atom is 0.213 e. The molecule has 1 aliphatic carbocycles. The molecule has 1 unspecified atom stereocenters. The van der Waals surface area contributed by atoms with Crippen molar-refractivity contribution in [3.05, 3.63) is 42.0 Å². The third kappa shape index (κ3) is 3.65. The van der Waals surface area contributed by atoms with Gasteiger partial charge in [-0.2, -0.15) is 0 Å². The van der Waals surface area contributed by atoms with E-state index >= 15 is 0 Å². The lowest BCUT2D eigenvalue weighted by Gasteiger charge is -2.40. The first-order chi connectivity index (χ1) is 12.7. The van der Waals surface area contributed by atoms with Crippen molar-refractivity contribution in [1.82, 2.24) is 19.9 Å². The maximum absolute atomic E-state index is 5.24. The second-order valence-electron chi connectivity index (χ2n) is 7.37. The summed E-state index contributed by atoms with van der Waals surface area (Å²) in [5, 5.41) is 0. The molecule has 138 valence electrons. The van der Waals surface area contributed by atoms with Crippen LogP contribution in [-0.4, -0.2) is 52.6 Å². The van der Waals surface area contributed by atoms with Gasteiger partial charge in [-0.25, -0.2) is 15.0 Å². The van der Waals surface area contributed by atoms with E-state index in [0.717, 1.165) is 37.7 Å². The highest BCUT2D eigenvalue weighted by molar-refractivity contribution is 5.41. The van der Waals surface area contributed by atoms with Gasteiger partial charge < -0.3 is 9.64 Å². The van der Waals surface area contributed by atoms with Crippen molar-refractivity contribution in [2.45, 2.75) is 44.7 Å². The molecule has 0 radical (unpaired) electrons. The number of methoxy groups -OCH3 is 1. The minimum Gasteiger partial charge on any atom is -0.481 e. The van der Waals surface area contributed by atoms with E-state index in [-0.39, 0.29) is 0 Å². The lowest BCUT2D eigenvalue weighted by Crippen LogP contribution is -2.51. The van der Waals surface area contributed by atoms with Gasteiger partial charge in [0.2, 0.25) is 5.88 Å². The predicted octanol–water partition coefficient (Wildman–Crippen LogP) is 2.86. The van der Waals surface area contributed by atoms with Gasteiger partial charge in [0.1, 0.15) is 12.1 Å². The van der Waals surface area contributed by atoms with E-state index in [1.807, 2.05) is 12.1 Å². The van der Waals surface area contributed by atoms with Crippen molar-refractivity contribution in [1.29, 1.82) is 0 Å². The zero-order chi connectivity index (χ0) is 17.9. The van der Waals surface area contributed by atoms with Gasteiger partial charge in [0.15, 0.2) is 0 Å². The van der Waals surface area contributed by atoms with Crippen LogP contribution in [0.4, 0.5) is 5.82 Å². The van der Waals surface area contributed by atoms with Crippen LogP contribution in [0.1, 0.15) is 43.5 Å². The van der Waals surface area contributed by atoms with Crippen molar-refractivity contribution < 1.29 is 4.74 Å². The number of pyridine rings is 1. The molecule has 0 aromatic carbocycles. The molecular formula is C20H27N5O. The zero-order valence-corrected chi connectivity index (χ0v) is 15.6. The third-order valence-corrected chi connectivity index (χ3v) is 5.64. The Hall–Kier alpha value is -2.21. The van der Waals surface area contributed by atoms with Gasteiger partial charge in [0.25, 0.3) is 0 Å². The summed E-state index contributed by atoms with van der Waals surface area (Å²) < 4.78 is 5.24. The summed E-state index contributed by atoms with van der Waals surface area (Å²) in [5.74, 6) is 2.40. The Labute approximate surface area is 155 Å². The monoisotopic (exact) mass is 353 g/mol. The molecule has 6 nitrogen and oxygen atoms in total. The van der Waals surface area contributed by atoms with Gasteiger partial charge in [0.05, 0.1) is 12.8 Å². The highest BCUT2D eigenvalue weighted by Gasteiger charge is 2.26. The Bertz CT molecular complexity index is 748. The van der Waals surface area contributed by atoms with Gasteiger partial charge in [-0.3, -0.25) is 4.90 Å². The topological polar surface area (TPSA) is 54.4 Å². The van der Waals surface area contributed by atoms with E-state index in [0.29, 0.717) is 17.8 Å². The Morgan fingerprint density at radius 2 is 2.08 bits per heavy atom. The SMILES string of the molecule is COc1cccc(CN2CCN(c3cc(C4CCC4)ncn3)CC2C)n1. The first-order valence-corrected chi connectivity index (χ1v) is 9.54. The van der Waals surface area contributed by atoms with E-state index in [1.54, 1.807) is 13.4 Å². The number of rotatable bonds is 5. The summed E-state index contributed by atoms with van der Waals surface area (Å²) in [6.07, 6.45) is 5.61. The van der Waals surface area contributed by atoms with Gasteiger partial charge >= 0.3 is 0 Å². The highest BCUT2D eigenvalue weighted by atomic mass is 16.5. The standard InChI is InChI=1S/C20H27N5O/c1-15-12-25(19-11-18(21-14-22-19)16-5-3-6-16)10-9-24(15)13-17-7-4-8-20(23-17)26-2/h4,7-8,11,14-16H,3,5-6,9-10,12-13H2,1-2H3. The fraction of sp³-hybridized carbons (Fsp3) is 0.550. The molecule has 26 heavy (non-hydrogen) atoms. The molecule has 0 N–H and O–H groups in total. The first-order valence-electron chi connectivity index (χ1n) is 9.54. The Morgan fingerprint density at radius 3 is 2.81 bits per heavy atom. The summed E-state index contributed by atoms with van der Waals surface area (Å²) in [4.78, 5) is 18.4. The van der Waals surface area contributed by atoms with Crippen molar-refractivity contribution in [2.24, 2.45) is 0 Å². The second kappa shape index (κ2) is 7.58. The molecule has 1 saturated heterocycles. The number of ether oxygens (including phenoxy) is 1. The van der Waals surface area contributed by atoms with E-state index in [2.05, 4.69) is 43.8 Å². The van der Waals surface area contributed by atoms with E-state index in [1.165, 1.54) is 25.0 Å². The fourth-order valence-corrected chi connectivity index (χ4v) is 3.77. The summed E-state index contributed by atoms with van der Waals surface area (Å²) in [6, 6.07) is 8.61. The number of aromatic nitrogens is 3. The van der Waals surface area contributed by atoms with E-state index in [4.69, 9.17) is 4.74 Å². The normalized spacial score (nSPS) is 21.5. The average molecular weight is 353 g/mol. The number of hydrogen-bond donors (Lipinski definition) is 0. The number of hydrogen-bond acceptors (Lipinski definition) is 6. The molecule has 3 heterocycles. The molecule has 2 aromatic rings. The Kier molecular flexibility index (Phi) is 5.02. The molecule has 1 aliphatic heterocycles. The second-order valence-corrected chi connectivity index (χ2v) is 7.37. The fourth-order valence-electron chi connectivity index (χ4n) is 3.77. The third-order valence-electron chi connectivity index (χ3n) is 5.64. The summed E-state index contributed by atoms with van der Waals surface area (Å²) in [6.45, 7) is 6.09. The Morgan fingerprint density at radius 1 is 1.19 bits per heavy atom. The van der Waals surface area contributed by atoms with Gasteiger partial charge in [-0.15, -0.1) is 0 Å². The minimum absolute atomic E-state index is 0.443. The largest absolute Gasteiger partial charge is 0.481 e. The number of anilines is 1. The molecule has 0 spiro atoms. The first kappa shape index (κ1) is 17.2. The van der Waals surface area contributed by atoms with Crippen molar-refractivity contribution in [2.75, 3.05) is 31.6 Å². The molecule has 1 saturated carbocycles. The maximum atomic E-state index is 5.24. The van der Waals surface area contributed by atoms with Crippen LogP contribution in [-0.2, 0) is 6.54 Å². The lowest BCUT2D eigenvalue weighted by atomic mass is 9.83. The van der Waals surface area contributed by atoms with Crippen molar-refractivity contribution in [3.63, 3.8) is 0 Å². The summed E-state index contributed by atoms with van der Waals surface area (Å²) in [5.41, 5.74) is 2.27. The van der Waals surface area contributed by atoms with E-state index < -0.39 is 0 Å². The predicted molar refractivity (Wildman–Crippen MR) is 101 cm³/mol. The van der Waals surface area contributed by atoms with Crippen LogP contribution < -0.4 is 9.64 Å². The van der Waals surface area contributed by atoms with Crippen molar-refractivity contribution >= 4 is 5.82 Å². The number of piperazine rings is 1. The van der Waals surface area contributed by atoms with Crippen LogP contribution in [0.5, 0.6) is 5.88 Å². The Balaban J connectivity index is 1.40. The van der Waals surface area contributed by atoms with Gasteiger partial charge in [0, 0.05) is 56.0 Å². The van der Waals surface area contributed by atoms with Crippen LogP contribution in [0.2, 0.25) is 0 Å². The lowest BCUT2D eigenvalue weighted by molar-refractivity contribution is 0.178. The van der Waals surface area contributed by atoms with Crippen LogP contribution in [0.3, 0.4) is 0 Å². The molecule has 0 amide bonds. The quantitative estimate of drug-likeness (QED) is 0.824. The zero-order valence-electron chi connectivity index (χ0n) is 15.6.